The SMILES string of the molecule is COC(=O)C(Cc1ccc(O)c(O)c1)OC(=O)/C=C/C1=C[C@H]2[C@H](c3ccc(O)c(O)c3)[C@@H](C(=O)OC(Cc3ccc(O)c(O)c3)C(=O)OC)[C@@H]1[C@@]1(O)O[C@H]3[C@H]4C=C(/C=C/C(=O)OC(Cc5ccc(O)c(O)c5)C(=O)OC)[C@H]([C@H](C(=O)OC)[C@H]4c4ccc(O)c(O)c4)[C@@]3(OC)O[C@@H]21. The number of hydrogen-bond acceptors (Lipinski definition) is 28. The maximum Gasteiger partial charge on any atom is 0.347 e. The van der Waals surface area contributed by atoms with E-state index in [1.165, 1.54) is 61.7 Å². The van der Waals surface area contributed by atoms with E-state index in [-0.39, 0.29) is 51.8 Å². The lowest BCUT2D eigenvalue weighted by atomic mass is 9.50. The van der Waals surface area contributed by atoms with Gasteiger partial charge in [-0.2, -0.15) is 0 Å². The van der Waals surface area contributed by atoms with Gasteiger partial charge in [-0.05, 0) is 99.6 Å². The first-order valence-electron chi connectivity index (χ1n) is 29.6. The molecule has 1 aliphatic heterocycles. The van der Waals surface area contributed by atoms with Crippen LogP contribution in [0.3, 0.4) is 0 Å². The summed E-state index contributed by atoms with van der Waals surface area (Å²) in [6.07, 6.45) is -2.71. The number of aromatic hydroxyl groups is 10. The summed E-state index contributed by atoms with van der Waals surface area (Å²) in [4.78, 5) is 98.6. The fraction of sp³-hybridized carbons (Fsp3) is 0.338. The van der Waals surface area contributed by atoms with Crippen molar-refractivity contribution < 1.29 is 137 Å². The molecule has 15 atom stereocenters. The summed E-state index contributed by atoms with van der Waals surface area (Å²) >= 11 is 0. The number of rotatable bonds is 21. The van der Waals surface area contributed by atoms with E-state index in [0.717, 1.165) is 101 Å². The van der Waals surface area contributed by atoms with Crippen LogP contribution in [0.1, 0.15) is 39.7 Å². The molecule has 4 bridgehead atoms. The number of carbonyl (C=O) groups is 7. The fourth-order valence-corrected chi connectivity index (χ4v) is 13.8. The summed E-state index contributed by atoms with van der Waals surface area (Å²) in [5.74, 6) is -30.6. The molecule has 2 saturated carbocycles. The minimum atomic E-state index is -2.88. The first kappa shape index (κ1) is 68.1. The smallest absolute Gasteiger partial charge is 0.347 e. The zero-order valence-electron chi connectivity index (χ0n) is 51.6. The highest BCUT2D eigenvalue weighted by molar-refractivity contribution is 5.88. The predicted molar refractivity (Wildman–Crippen MR) is 323 cm³/mol. The molecule has 1 saturated heterocycles. The Balaban J connectivity index is 1.12. The molecular weight excluding hydrogens is 1260 g/mol. The molecule has 1 heterocycles. The zero-order valence-corrected chi connectivity index (χ0v) is 51.6. The number of hydrogen-bond donors (Lipinski definition) is 11. The van der Waals surface area contributed by atoms with E-state index in [0.29, 0.717) is 0 Å². The third-order valence-corrected chi connectivity index (χ3v) is 18.0. The molecule has 6 aliphatic carbocycles. The third-order valence-electron chi connectivity index (χ3n) is 18.0. The van der Waals surface area contributed by atoms with E-state index < -0.39 is 195 Å². The lowest BCUT2D eigenvalue weighted by Crippen LogP contribution is -2.79. The first-order chi connectivity index (χ1) is 45.7. The summed E-state index contributed by atoms with van der Waals surface area (Å²) in [6.45, 7) is 0. The molecular formula is C68H66O28. The van der Waals surface area contributed by atoms with Gasteiger partial charge in [-0.1, -0.05) is 54.6 Å². The van der Waals surface area contributed by atoms with Gasteiger partial charge in [0.15, 0.2) is 57.5 Å². The Morgan fingerprint density at radius 3 is 1.18 bits per heavy atom. The average Bonchev–Trinajstić information content (AvgIpc) is 0.666. The minimum absolute atomic E-state index is 0.0544. The van der Waals surface area contributed by atoms with Crippen molar-refractivity contribution in [2.24, 2.45) is 35.5 Å². The van der Waals surface area contributed by atoms with Crippen LogP contribution in [-0.2, 0) is 100 Å². The summed E-state index contributed by atoms with van der Waals surface area (Å²) < 4.78 is 58.6. The molecule has 0 radical (unpaired) electrons. The largest absolute Gasteiger partial charge is 0.504 e. The van der Waals surface area contributed by atoms with Crippen LogP contribution in [0, 0.1) is 35.5 Å². The van der Waals surface area contributed by atoms with Gasteiger partial charge < -0.3 is 104 Å². The van der Waals surface area contributed by atoms with Crippen LogP contribution in [-0.4, -0.2) is 176 Å². The maximum absolute atomic E-state index is 15.7. The van der Waals surface area contributed by atoms with E-state index in [9.17, 15) is 84.9 Å². The molecule has 0 amide bonds. The van der Waals surface area contributed by atoms with Gasteiger partial charge in [0.1, 0.15) is 12.2 Å². The normalized spacial score (nSPS) is 26.2. The molecule has 28 nitrogen and oxygen atoms in total. The highest BCUT2D eigenvalue weighted by Crippen LogP contribution is 2.68. The molecule has 506 valence electrons. The standard InChI is InChI=1S/C68H66O28/c1-87-62(81)49(23-30-6-13-39(69)44(74)20-30)92-52(79)18-11-35-26-37-54(33-9-16-42(72)47(77)28-33)56(66(85)94-51(64(83)89-3)25-32-8-15-41(71)46(76)22-32)58(35)67(86)60(37)96-68(91-5)59-36(12-19-53(80)93-50(63(82)88-2)24-31-7-14-40(70)45(75)21-31)27-38(61(68)95-67)55(57(59)65(84)90-4)34-10-17-43(73)48(78)29-34/h6-22,26-29,37-38,49-51,54-61,69-78,86H,23-25H2,1-5H3/b18-11+,19-12+/t37-,38-,49?,50?,51?,54-,55-,56+,57+,58+,59+,60-,61-,67+,68+/m0/s1. The van der Waals surface area contributed by atoms with Gasteiger partial charge in [0.25, 0.3) is 0 Å². The van der Waals surface area contributed by atoms with Gasteiger partial charge in [-0.25, -0.2) is 24.0 Å². The molecule has 28 heteroatoms. The van der Waals surface area contributed by atoms with E-state index in [4.69, 9.17) is 47.4 Å². The maximum atomic E-state index is 15.7. The van der Waals surface area contributed by atoms with Gasteiger partial charge in [0.2, 0.25) is 29.9 Å². The quantitative estimate of drug-likeness (QED) is 0.0211. The number of allylic oxidation sites excluding steroid dienone is 2. The van der Waals surface area contributed by atoms with Crippen molar-refractivity contribution in [2.45, 2.75) is 73.2 Å². The molecule has 12 rings (SSSR count). The number of methoxy groups -OCH3 is 5. The Morgan fingerprint density at radius 2 is 0.802 bits per heavy atom. The number of carbonyl (C=O) groups excluding carboxylic acids is 7. The number of esters is 7. The number of aliphatic hydroxyl groups is 1. The number of phenols is 10. The summed E-state index contributed by atoms with van der Waals surface area (Å²) in [5.41, 5.74) is 0.838. The second kappa shape index (κ2) is 27.3. The van der Waals surface area contributed by atoms with Gasteiger partial charge in [0, 0.05) is 62.2 Å². The van der Waals surface area contributed by atoms with Crippen molar-refractivity contribution in [1.29, 1.82) is 0 Å². The summed E-state index contributed by atoms with van der Waals surface area (Å²) in [6, 6.07) is 18.0. The lowest BCUT2D eigenvalue weighted by Gasteiger charge is -2.68. The van der Waals surface area contributed by atoms with E-state index in [1.807, 2.05) is 0 Å². The van der Waals surface area contributed by atoms with Crippen LogP contribution < -0.4 is 0 Å². The third kappa shape index (κ3) is 12.8. The van der Waals surface area contributed by atoms with Crippen LogP contribution in [0.4, 0.5) is 0 Å². The van der Waals surface area contributed by atoms with Crippen molar-refractivity contribution in [2.75, 3.05) is 35.5 Å². The fourth-order valence-electron chi connectivity index (χ4n) is 13.8. The second-order valence-electron chi connectivity index (χ2n) is 23.4. The lowest BCUT2D eigenvalue weighted by molar-refractivity contribution is -0.479. The molecule has 3 fully saturated rings. The zero-order chi connectivity index (χ0) is 69.4. The Bertz CT molecular complexity index is 4040. The summed E-state index contributed by atoms with van der Waals surface area (Å²) in [7, 11) is 5.35. The van der Waals surface area contributed by atoms with Crippen molar-refractivity contribution >= 4 is 41.8 Å². The predicted octanol–water partition coefficient (Wildman–Crippen LogP) is 4.30. The number of fused-ring (bicyclic) bond motifs is 2. The van der Waals surface area contributed by atoms with Crippen LogP contribution in [0.15, 0.2) is 139 Å². The summed E-state index contributed by atoms with van der Waals surface area (Å²) in [5, 5.41) is 118. The van der Waals surface area contributed by atoms with Gasteiger partial charge >= 0.3 is 41.8 Å². The molecule has 0 spiro atoms. The highest BCUT2D eigenvalue weighted by atomic mass is 16.8. The van der Waals surface area contributed by atoms with E-state index >= 15 is 4.79 Å². The van der Waals surface area contributed by atoms with Crippen molar-refractivity contribution in [3.05, 3.63) is 166 Å². The molecule has 5 aromatic carbocycles. The minimum Gasteiger partial charge on any atom is -0.504 e. The van der Waals surface area contributed by atoms with E-state index in [1.54, 1.807) is 0 Å². The Hall–Kier alpha value is -10.8. The highest BCUT2D eigenvalue weighted by Gasteiger charge is 2.77. The van der Waals surface area contributed by atoms with Crippen LogP contribution in [0.5, 0.6) is 57.5 Å². The first-order valence-corrected chi connectivity index (χ1v) is 29.6. The molecule has 3 unspecified atom stereocenters. The molecule has 7 aliphatic rings. The Kier molecular flexibility index (Phi) is 19.3. The second-order valence-corrected chi connectivity index (χ2v) is 23.4. The van der Waals surface area contributed by atoms with Gasteiger partial charge in [-0.15, -0.1) is 0 Å². The molecule has 0 aromatic heterocycles. The monoisotopic (exact) mass is 1330 g/mol. The molecule has 5 aromatic rings. The van der Waals surface area contributed by atoms with Crippen LogP contribution in [0.25, 0.3) is 0 Å². The number of benzene rings is 5. The number of phenolic OH excluding ortho intramolecular Hbond substituents is 10. The van der Waals surface area contributed by atoms with Crippen molar-refractivity contribution in [3.8, 4) is 57.5 Å². The van der Waals surface area contributed by atoms with Gasteiger partial charge in [-0.3, -0.25) is 9.59 Å². The van der Waals surface area contributed by atoms with Crippen LogP contribution in [0.2, 0.25) is 0 Å². The van der Waals surface area contributed by atoms with Crippen molar-refractivity contribution in [3.63, 3.8) is 0 Å². The van der Waals surface area contributed by atoms with Crippen LogP contribution >= 0.6 is 0 Å². The Morgan fingerprint density at radius 1 is 0.438 bits per heavy atom. The molecule has 11 N–H and O–H groups in total. The Labute approximate surface area is 545 Å². The van der Waals surface area contributed by atoms with Gasteiger partial charge in [0.05, 0.1) is 52.1 Å². The van der Waals surface area contributed by atoms with E-state index in [2.05, 4.69) is 0 Å². The number of ether oxygens (including phenoxy) is 10. The molecule has 96 heavy (non-hydrogen) atoms. The topological polar surface area (TPSA) is 434 Å². The van der Waals surface area contributed by atoms with Crippen molar-refractivity contribution in [1.82, 2.24) is 0 Å². The average molecular weight is 1330 g/mol.